The molecular formula is C10H18N2O2. The van der Waals surface area contributed by atoms with Gasteiger partial charge in [0.15, 0.2) is 0 Å². The van der Waals surface area contributed by atoms with Crippen molar-refractivity contribution < 1.29 is 9.90 Å². The Balaban J connectivity index is 1.94. The van der Waals surface area contributed by atoms with E-state index in [0.29, 0.717) is 5.92 Å². The highest BCUT2D eigenvalue weighted by molar-refractivity contribution is 5.72. The average Bonchev–Trinajstić information content (AvgIpc) is 2.62. The van der Waals surface area contributed by atoms with Crippen molar-refractivity contribution in [2.45, 2.75) is 19.4 Å². The van der Waals surface area contributed by atoms with Gasteiger partial charge >= 0.3 is 5.97 Å². The molecule has 2 aliphatic rings. The predicted molar refractivity (Wildman–Crippen MR) is 53.1 cm³/mol. The van der Waals surface area contributed by atoms with E-state index in [2.05, 4.69) is 10.2 Å². The molecule has 2 rings (SSSR count). The summed E-state index contributed by atoms with van der Waals surface area (Å²) < 4.78 is 0. The van der Waals surface area contributed by atoms with E-state index in [1.54, 1.807) is 6.92 Å². The van der Waals surface area contributed by atoms with Gasteiger partial charge in [-0.25, -0.2) is 0 Å². The molecule has 2 fully saturated rings. The summed E-state index contributed by atoms with van der Waals surface area (Å²) in [6.07, 6.45) is 1.15. The highest BCUT2D eigenvalue weighted by Gasteiger charge is 2.35. The fourth-order valence-corrected chi connectivity index (χ4v) is 2.57. The van der Waals surface area contributed by atoms with Crippen LogP contribution in [0, 0.1) is 11.8 Å². The Labute approximate surface area is 84.3 Å². The van der Waals surface area contributed by atoms with Crippen molar-refractivity contribution >= 4 is 5.97 Å². The van der Waals surface area contributed by atoms with Crippen LogP contribution in [-0.4, -0.2) is 48.2 Å². The van der Waals surface area contributed by atoms with Crippen molar-refractivity contribution in [1.82, 2.24) is 10.2 Å². The largest absolute Gasteiger partial charge is 0.480 e. The van der Waals surface area contributed by atoms with Crippen LogP contribution in [0.2, 0.25) is 0 Å². The minimum absolute atomic E-state index is 0.323. The molecule has 0 aromatic rings. The molecule has 2 heterocycles. The maximum absolute atomic E-state index is 10.8. The van der Waals surface area contributed by atoms with Crippen LogP contribution < -0.4 is 5.32 Å². The third kappa shape index (κ3) is 1.77. The van der Waals surface area contributed by atoms with Gasteiger partial charge in [-0.05, 0) is 44.8 Å². The molecule has 0 aromatic heterocycles. The van der Waals surface area contributed by atoms with Crippen LogP contribution in [0.4, 0.5) is 0 Å². The molecule has 80 valence electrons. The van der Waals surface area contributed by atoms with Crippen molar-refractivity contribution in [3.8, 4) is 0 Å². The van der Waals surface area contributed by atoms with Crippen molar-refractivity contribution in [3.05, 3.63) is 0 Å². The van der Waals surface area contributed by atoms with Gasteiger partial charge < -0.3 is 10.4 Å². The van der Waals surface area contributed by atoms with Gasteiger partial charge in [0, 0.05) is 6.54 Å². The minimum atomic E-state index is -0.700. The predicted octanol–water partition coefficient (Wildman–Crippen LogP) is 0.000800. The van der Waals surface area contributed by atoms with E-state index in [9.17, 15) is 4.79 Å². The molecule has 4 nitrogen and oxygen atoms in total. The van der Waals surface area contributed by atoms with Crippen molar-refractivity contribution in [1.29, 1.82) is 0 Å². The summed E-state index contributed by atoms with van der Waals surface area (Å²) in [5, 5.41) is 12.3. The fourth-order valence-electron chi connectivity index (χ4n) is 2.57. The molecule has 0 saturated carbocycles. The van der Waals surface area contributed by atoms with Gasteiger partial charge in [-0.15, -0.1) is 0 Å². The van der Waals surface area contributed by atoms with Crippen LogP contribution in [0.3, 0.4) is 0 Å². The lowest BCUT2D eigenvalue weighted by atomic mass is 9.88. The maximum Gasteiger partial charge on any atom is 0.320 e. The van der Waals surface area contributed by atoms with Gasteiger partial charge in [0.2, 0.25) is 0 Å². The Morgan fingerprint density at radius 1 is 1.50 bits per heavy atom. The number of carbonyl (C=O) groups is 1. The number of nitrogens with zero attached hydrogens (tertiary/aromatic N) is 1. The number of rotatable bonds is 2. The lowest BCUT2D eigenvalue weighted by Crippen LogP contribution is -2.47. The topological polar surface area (TPSA) is 52.6 Å². The number of fused-ring (bicyclic) bond motifs is 1. The molecule has 0 radical (unpaired) electrons. The maximum atomic E-state index is 10.8. The molecular weight excluding hydrogens is 180 g/mol. The highest BCUT2D eigenvalue weighted by Crippen LogP contribution is 2.27. The van der Waals surface area contributed by atoms with E-state index in [4.69, 9.17) is 5.11 Å². The first-order valence-electron chi connectivity index (χ1n) is 5.36. The molecule has 14 heavy (non-hydrogen) atoms. The molecule has 2 N–H and O–H groups in total. The normalized spacial score (nSPS) is 35.2. The molecule has 4 heteroatoms. The second-order valence-electron chi connectivity index (χ2n) is 4.48. The summed E-state index contributed by atoms with van der Waals surface area (Å²) in [6.45, 7) is 5.86. The van der Waals surface area contributed by atoms with Gasteiger partial charge in [-0.1, -0.05) is 0 Å². The number of hydrogen-bond donors (Lipinski definition) is 2. The molecule has 0 amide bonds. The molecule has 2 saturated heterocycles. The van der Waals surface area contributed by atoms with Crippen LogP contribution in [0.15, 0.2) is 0 Å². The number of piperidine rings is 1. The number of hydrogen-bond acceptors (Lipinski definition) is 3. The third-order valence-corrected chi connectivity index (χ3v) is 3.64. The first-order valence-corrected chi connectivity index (χ1v) is 5.36. The molecule has 0 aromatic carbocycles. The van der Waals surface area contributed by atoms with E-state index >= 15 is 0 Å². The molecule has 3 unspecified atom stereocenters. The van der Waals surface area contributed by atoms with Crippen LogP contribution in [0.25, 0.3) is 0 Å². The van der Waals surface area contributed by atoms with Crippen LogP contribution in [0.5, 0.6) is 0 Å². The number of nitrogens with one attached hydrogen (secondary N) is 1. The Morgan fingerprint density at radius 2 is 2.21 bits per heavy atom. The molecule has 0 spiro atoms. The molecule has 3 atom stereocenters. The Bertz CT molecular complexity index is 232. The van der Waals surface area contributed by atoms with E-state index in [-0.39, 0.29) is 6.04 Å². The van der Waals surface area contributed by atoms with Gasteiger partial charge in [-0.3, -0.25) is 9.69 Å². The SMILES string of the molecule is CC(C(=O)O)N1CCC2CNCC2C1. The second kappa shape index (κ2) is 3.87. The lowest BCUT2D eigenvalue weighted by Gasteiger charge is -2.36. The summed E-state index contributed by atoms with van der Waals surface area (Å²) in [6, 6.07) is -0.323. The number of aliphatic carboxylic acids is 1. The quantitative estimate of drug-likeness (QED) is 0.656. The number of likely N-dealkylation sites (tertiary alicyclic amines) is 1. The zero-order chi connectivity index (χ0) is 10.1. The Morgan fingerprint density at radius 3 is 2.93 bits per heavy atom. The smallest absolute Gasteiger partial charge is 0.320 e. The van der Waals surface area contributed by atoms with E-state index in [1.165, 1.54) is 0 Å². The zero-order valence-corrected chi connectivity index (χ0v) is 8.57. The van der Waals surface area contributed by atoms with Crippen LogP contribution >= 0.6 is 0 Å². The summed E-state index contributed by atoms with van der Waals surface area (Å²) in [5.74, 6) is 0.757. The first-order chi connectivity index (χ1) is 6.68. The summed E-state index contributed by atoms with van der Waals surface area (Å²) >= 11 is 0. The molecule has 0 bridgehead atoms. The lowest BCUT2D eigenvalue weighted by molar-refractivity contribution is -0.143. The highest BCUT2D eigenvalue weighted by atomic mass is 16.4. The van der Waals surface area contributed by atoms with Crippen LogP contribution in [0.1, 0.15) is 13.3 Å². The standard InChI is InChI=1S/C10H18N2O2/c1-7(10(13)14)12-3-2-8-4-11-5-9(8)6-12/h7-9,11H,2-6H2,1H3,(H,13,14). The van der Waals surface area contributed by atoms with Gasteiger partial charge in [0.1, 0.15) is 6.04 Å². The summed E-state index contributed by atoms with van der Waals surface area (Å²) in [7, 11) is 0. The minimum Gasteiger partial charge on any atom is -0.480 e. The average molecular weight is 198 g/mol. The Kier molecular flexibility index (Phi) is 2.74. The van der Waals surface area contributed by atoms with Crippen LogP contribution in [-0.2, 0) is 4.79 Å². The van der Waals surface area contributed by atoms with Gasteiger partial charge in [-0.2, -0.15) is 0 Å². The number of carboxylic acid groups (broad SMARTS) is 1. The molecule has 2 aliphatic heterocycles. The van der Waals surface area contributed by atoms with Gasteiger partial charge in [0.05, 0.1) is 0 Å². The van der Waals surface area contributed by atoms with Crippen molar-refractivity contribution in [3.63, 3.8) is 0 Å². The zero-order valence-electron chi connectivity index (χ0n) is 8.57. The summed E-state index contributed by atoms with van der Waals surface area (Å²) in [4.78, 5) is 12.9. The summed E-state index contributed by atoms with van der Waals surface area (Å²) in [5.41, 5.74) is 0. The van der Waals surface area contributed by atoms with Gasteiger partial charge in [0.25, 0.3) is 0 Å². The molecule has 0 aliphatic carbocycles. The second-order valence-corrected chi connectivity index (χ2v) is 4.48. The third-order valence-electron chi connectivity index (χ3n) is 3.64. The van der Waals surface area contributed by atoms with E-state index in [0.717, 1.165) is 38.5 Å². The van der Waals surface area contributed by atoms with Crippen molar-refractivity contribution in [2.75, 3.05) is 26.2 Å². The first kappa shape index (κ1) is 9.93. The van der Waals surface area contributed by atoms with E-state index in [1.807, 2.05) is 0 Å². The number of carboxylic acids is 1. The van der Waals surface area contributed by atoms with Crippen molar-refractivity contribution in [2.24, 2.45) is 11.8 Å². The van der Waals surface area contributed by atoms with E-state index < -0.39 is 5.97 Å². The monoisotopic (exact) mass is 198 g/mol. The fraction of sp³-hybridized carbons (Fsp3) is 0.900. The Hall–Kier alpha value is -0.610.